The van der Waals surface area contributed by atoms with Gasteiger partial charge in [0.15, 0.2) is 0 Å². The summed E-state index contributed by atoms with van der Waals surface area (Å²) in [5, 5.41) is 9.18. The second-order valence-electron chi connectivity index (χ2n) is 5.87. The Morgan fingerprint density at radius 1 is 1.45 bits per heavy atom. The summed E-state index contributed by atoms with van der Waals surface area (Å²) in [7, 11) is 1.83. The van der Waals surface area contributed by atoms with Crippen molar-refractivity contribution in [3.63, 3.8) is 0 Å². The molecule has 0 bridgehead atoms. The van der Waals surface area contributed by atoms with E-state index in [1.807, 2.05) is 32.0 Å². The molecule has 0 saturated carbocycles. The molecular weight excluding hydrogens is 302 g/mol. The van der Waals surface area contributed by atoms with Crippen molar-refractivity contribution in [3.05, 3.63) is 34.4 Å². The minimum absolute atomic E-state index is 0.0189. The van der Waals surface area contributed by atoms with Crippen molar-refractivity contribution >= 4 is 17.5 Å². The number of amides is 1. The van der Waals surface area contributed by atoms with Crippen LogP contribution in [0.15, 0.2) is 12.4 Å². The summed E-state index contributed by atoms with van der Waals surface area (Å²) in [5.74, 6) is 0.0740. The highest BCUT2D eigenvalue weighted by atomic mass is 35.5. The Morgan fingerprint density at radius 2 is 2.23 bits per heavy atom. The molecule has 118 valence electrons. The zero-order valence-corrected chi connectivity index (χ0v) is 13.8. The first-order valence-corrected chi connectivity index (χ1v) is 7.82. The van der Waals surface area contributed by atoms with E-state index >= 15 is 0 Å². The summed E-state index contributed by atoms with van der Waals surface area (Å²) < 4.78 is 3.36. The molecule has 0 spiro atoms. The summed E-state index contributed by atoms with van der Waals surface area (Å²) in [6.07, 6.45) is 5.55. The molecule has 0 aromatic carbocycles. The summed E-state index contributed by atoms with van der Waals surface area (Å²) in [5.41, 5.74) is 2.93. The van der Waals surface area contributed by atoms with E-state index < -0.39 is 0 Å². The van der Waals surface area contributed by atoms with Crippen LogP contribution in [0.4, 0.5) is 0 Å². The van der Waals surface area contributed by atoms with Crippen LogP contribution in [-0.4, -0.2) is 36.9 Å². The molecule has 1 aliphatic rings. The molecule has 1 atom stereocenters. The number of carbonyl (C=O) groups excluding carboxylic acids is 1. The van der Waals surface area contributed by atoms with Gasteiger partial charge in [-0.2, -0.15) is 10.2 Å². The van der Waals surface area contributed by atoms with Gasteiger partial charge in [0, 0.05) is 25.4 Å². The molecule has 1 aliphatic heterocycles. The molecule has 3 heterocycles. The van der Waals surface area contributed by atoms with Crippen molar-refractivity contribution in [2.75, 3.05) is 6.54 Å². The van der Waals surface area contributed by atoms with E-state index in [0.717, 1.165) is 36.2 Å². The largest absolute Gasteiger partial charge is 0.334 e. The third-order valence-electron chi connectivity index (χ3n) is 4.16. The van der Waals surface area contributed by atoms with Gasteiger partial charge in [0.05, 0.1) is 17.9 Å². The van der Waals surface area contributed by atoms with E-state index in [9.17, 15) is 4.79 Å². The summed E-state index contributed by atoms with van der Waals surface area (Å²) in [6.45, 7) is 4.93. The van der Waals surface area contributed by atoms with Crippen LogP contribution in [0.2, 0.25) is 5.15 Å². The fraction of sp³-hybridized carbons (Fsp3) is 0.533. The van der Waals surface area contributed by atoms with E-state index in [0.29, 0.717) is 5.15 Å². The number of likely N-dealkylation sites (tertiary alicyclic amines) is 1. The van der Waals surface area contributed by atoms with Gasteiger partial charge in [-0.3, -0.25) is 14.2 Å². The lowest BCUT2D eigenvalue weighted by atomic mass is 10.1. The maximum absolute atomic E-state index is 12.6. The molecule has 3 rings (SSSR count). The zero-order valence-electron chi connectivity index (χ0n) is 13.1. The molecular formula is C15H20ClN5O. The number of aryl methyl sites for hydroxylation is 3. The molecule has 1 fully saturated rings. The molecule has 2 aromatic rings. The van der Waals surface area contributed by atoms with Crippen LogP contribution in [0.25, 0.3) is 0 Å². The van der Waals surface area contributed by atoms with Gasteiger partial charge in [0.2, 0.25) is 5.91 Å². The van der Waals surface area contributed by atoms with Gasteiger partial charge in [-0.05, 0) is 32.3 Å². The number of rotatable bonds is 3. The van der Waals surface area contributed by atoms with Crippen molar-refractivity contribution in [2.45, 2.75) is 39.3 Å². The van der Waals surface area contributed by atoms with Crippen molar-refractivity contribution in [2.24, 2.45) is 7.05 Å². The molecule has 1 saturated heterocycles. The van der Waals surface area contributed by atoms with E-state index in [1.165, 1.54) is 0 Å². The quantitative estimate of drug-likeness (QED) is 0.871. The van der Waals surface area contributed by atoms with Gasteiger partial charge in [-0.25, -0.2) is 0 Å². The second-order valence-corrected chi connectivity index (χ2v) is 6.23. The van der Waals surface area contributed by atoms with Crippen LogP contribution in [0.1, 0.15) is 35.7 Å². The van der Waals surface area contributed by atoms with Gasteiger partial charge < -0.3 is 4.90 Å². The number of carbonyl (C=O) groups is 1. The standard InChI is InChI=1S/C15H20ClN5O/c1-10-7-17-20(8-10)9-13(22)21-6-4-5-12(21)14-11(2)18-19(3)15(14)16/h7-8,12H,4-6,9H2,1-3H3/t12-/m0/s1. The van der Waals surface area contributed by atoms with E-state index in [-0.39, 0.29) is 18.5 Å². The number of hydrogen-bond donors (Lipinski definition) is 0. The topological polar surface area (TPSA) is 56.0 Å². The van der Waals surface area contributed by atoms with E-state index in [1.54, 1.807) is 15.6 Å². The van der Waals surface area contributed by atoms with Crippen LogP contribution >= 0.6 is 11.6 Å². The van der Waals surface area contributed by atoms with Crippen molar-refractivity contribution in [1.82, 2.24) is 24.5 Å². The van der Waals surface area contributed by atoms with Crippen molar-refractivity contribution < 1.29 is 4.79 Å². The van der Waals surface area contributed by atoms with Crippen LogP contribution in [0, 0.1) is 13.8 Å². The van der Waals surface area contributed by atoms with Crippen molar-refractivity contribution in [1.29, 1.82) is 0 Å². The lowest BCUT2D eigenvalue weighted by Crippen LogP contribution is -2.33. The van der Waals surface area contributed by atoms with Gasteiger partial charge >= 0.3 is 0 Å². The predicted molar refractivity (Wildman–Crippen MR) is 83.6 cm³/mol. The number of hydrogen-bond acceptors (Lipinski definition) is 3. The molecule has 0 aliphatic carbocycles. The summed E-state index contributed by atoms with van der Waals surface area (Å²) in [6, 6.07) is 0.0189. The molecule has 22 heavy (non-hydrogen) atoms. The average molecular weight is 322 g/mol. The van der Waals surface area contributed by atoms with E-state index in [2.05, 4.69) is 10.2 Å². The van der Waals surface area contributed by atoms with Gasteiger partial charge in [0.25, 0.3) is 0 Å². The molecule has 2 aromatic heterocycles. The summed E-state index contributed by atoms with van der Waals surface area (Å²) >= 11 is 6.37. The van der Waals surface area contributed by atoms with Gasteiger partial charge in [-0.15, -0.1) is 0 Å². The Bertz CT molecular complexity index is 705. The third kappa shape index (κ3) is 2.63. The predicted octanol–water partition coefficient (Wildman–Crippen LogP) is 2.25. The van der Waals surface area contributed by atoms with Crippen LogP contribution in [0.3, 0.4) is 0 Å². The Balaban J connectivity index is 1.82. The second kappa shape index (κ2) is 5.76. The van der Waals surface area contributed by atoms with Crippen LogP contribution in [-0.2, 0) is 18.4 Å². The summed E-state index contributed by atoms with van der Waals surface area (Å²) in [4.78, 5) is 14.5. The highest BCUT2D eigenvalue weighted by molar-refractivity contribution is 6.30. The Morgan fingerprint density at radius 3 is 2.82 bits per heavy atom. The van der Waals surface area contributed by atoms with Crippen LogP contribution < -0.4 is 0 Å². The third-order valence-corrected chi connectivity index (χ3v) is 4.61. The first kappa shape index (κ1) is 15.1. The monoisotopic (exact) mass is 321 g/mol. The minimum Gasteiger partial charge on any atom is -0.334 e. The maximum Gasteiger partial charge on any atom is 0.244 e. The van der Waals surface area contributed by atoms with Crippen molar-refractivity contribution in [3.8, 4) is 0 Å². The first-order chi connectivity index (χ1) is 10.5. The lowest BCUT2D eigenvalue weighted by Gasteiger charge is -2.25. The molecule has 7 heteroatoms. The smallest absolute Gasteiger partial charge is 0.244 e. The number of halogens is 1. The Kier molecular flexibility index (Phi) is 3.95. The number of aromatic nitrogens is 4. The molecule has 1 amide bonds. The molecule has 0 unspecified atom stereocenters. The lowest BCUT2D eigenvalue weighted by molar-refractivity contribution is -0.133. The maximum atomic E-state index is 12.6. The number of nitrogens with zero attached hydrogens (tertiary/aromatic N) is 5. The van der Waals surface area contributed by atoms with Gasteiger partial charge in [-0.1, -0.05) is 11.6 Å². The average Bonchev–Trinajstić information content (AvgIpc) is 3.12. The first-order valence-electron chi connectivity index (χ1n) is 7.45. The Labute approximate surface area is 134 Å². The fourth-order valence-corrected chi connectivity index (χ4v) is 3.47. The van der Waals surface area contributed by atoms with Crippen LogP contribution in [0.5, 0.6) is 0 Å². The SMILES string of the molecule is Cc1cnn(CC(=O)N2CCC[C@H]2c2c(C)nn(C)c2Cl)c1. The molecule has 0 radical (unpaired) electrons. The van der Waals surface area contributed by atoms with Gasteiger partial charge in [0.1, 0.15) is 11.7 Å². The normalized spacial score (nSPS) is 18.2. The highest BCUT2D eigenvalue weighted by Gasteiger charge is 2.34. The highest BCUT2D eigenvalue weighted by Crippen LogP contribution is 2.37. The molecule has 6 nitrogen and oxygen atoms in total. The minimum atomic E-state index is 0.0189. The molecule has 0 N–H and O–H groups in total. The fourth-order valence-electron chi connectivity index (χ4n) is 3.17. The Hall–Kier alpha value is -1.82. The van der Waals surface area contributed by atoms with E-state index in [4.69, 9.17) is 11.6 Å². The zero-order chi connectivity index (χ0) is 15.9.